The summed E-state index contributed by atoms with van der Waals surface area (Å²) < 4.78 is 10.8. The number of aryl methyl sites for hydroxylation is 1. The third kappa shape index (κ3) is 2.68. The maximum atomic E-state index is 5.96. The van der Waals surface area contributed by atoms with E-state index >= 15 is 0 Å². The number of benzene rings is 2. The second-order valence-electron chi connectivity index (χ2n) is 3.92. The van der Waals surface area contributed by atoms with E-state index in [1.54, 1.807) is 37.4 Å². The molecule has 0 atom stereocenters. The Morgan fingerprint density at radius 3 is 2.39 bits per heavy atom. The molecule has 2 N–H and O–H groups in total. The van der Waals surface area contributed by atoms with Crippen LogP contribution in [0.15, 0.2) is 36.4 Å². The topological polar surface area (TPSA) is 44.5 Å². The van der Waals surface area contributed by atoms with Crippen LogP contribution in [0.5, 0.6) is 17.2 Å². The number of rotatable bonds is 3. The highest BCUT2D eigenvalue weighted by atomic mass is 35.5. The molecule has 0 aliphatic heterocycles. The maximum Gasteiger partial charge on any atom is 0.150 e. The molecule has 0 unspecified atom stereocenters. The van der Waals surface area contributed by atoms with Crippen molar-refractivity contribution in [3.8, 4) is 17.2 Å². The number of hydrogen-bond acceptors (Lipinski definition) is 3. The van der Waals surface area contributed by atoms with Gasteiger partial charge in [0.1, 0.15) is 11.5 Å². The van der Waals surface area contributed by atoms with Crippen molar-refractivity contribution in [3.05, 3.63) is 47.0 Å². The van der Waals surface area contributed by atoms with E-state index < -0.39 is 0 Å². The summed E-state index contributed by atoms with van der Waals surface area (Å²) in [7, 11) is 1.60. The van der Waals surface area contributed by atoms with Crippen molar-refractivity contribution in [3.63, 3.8) is 0 Å². The molecule has 0 saturated carbocycles. The van der Waals surface area contributed by atoms with E-state index in [2.05, 4.69) is 0 Å². The van der Waals surface area contributed by atoms with Crippen LogP contribution in [0.3, 0.4) is 0 Å². The summed E-state index contributed by atoms with van der Waals surface area (Å²) in [6.07, 6.45) is 0. The number of anilines is 1. The molecule has 94 valence electrons. The Hall–Kier alpha value is -1.87. The smallest absolute Gasteiger partial charge is 0.150 e. The molecule has 0 spiro atoms. The zero-order chi connectivity index (χ0) is 13.1. The van der Waals surface area contributed by atoms with Gasteiger partial charge in [-0.05, 0) is 42.8 Å². The second kappa shape index (κ2) is 5.19. The van der Waals surface area contributed by atoms with Crippen LogP contribution in [0, 0.1) is 6.92 Å². The van der Waals surface area contributed by atoms with Crippen molar-refractivity contribution < 1.29 is 9.47 Å². The summed E-state index contributed by atoms with van der Waals surface area (Å²) in [6.45, 7) is 1.92. The average molecular weight is 264 g/mol. The van der Waals surface area contributed by atoms with E-state index in [1.807, 2.05) is 13.0 Å². The lowest BCUT2D eigenvalue weighted by Gasteiger charge is -2.10. The van der Waals surface area contributed by atoms with Gasteiger partial charge in [-0.2, -0.15) is 0 Å². The van der Waals surface area contributed by atoms with Crippen LogP contribution >= 0.6 is 11.6 Å². The van der Waals surface area contributed by atoms with Crippen molar-refractivity contribution in [1.29, 1.82) is 0 Å². The average Bonchev–Trinajstić information content (AvgIpc) is 2.36. The molecule has 3 nitrogen and oxygen atoms in total. The first-order chi connectivity index (χ1) is 8.60. The van der Waals surface area contributed by atoms with Crippen molar-refractivity contribution in [2.45, 2.75) is 6.92 Å². The monoisotopic (exact) mass is 263 g/mol. The molecule has 0 fully saturated rings. The number of halogens is 1. The third-order valence-corrected chi connectivity index (χ3v) is 3.00. The fourth-order valence-corrected chi connectivity index (χ4v) is 1.67. The SMILES string of the molecule is COc1ccc(Oc2ccc(Cl)c(C)c2)c(N)c1. The minimum atomic E-state index is 0.530. The quantitative estimate of drug-likeness (QED) is 0.851. The minimum absolute atomic E-state index is 0.530. The van der Waals surface area contributed by atoms with Gasteiger partial charge < -0.3 is 15.2 Å². The van der Waals surface area contributed by atoms with Gasteiger partial charge in [0, 0.05) is 11.1 Å². The molecule has 0 aromatic heterocycles. The first-order valence-corrected chi connectivity index (χ1v) is 5.85. The summed E-state index contributed by atoms with van der Waals surface area (Å²) in [5.41, 5.74) is 7.37. The molecule has 18 heavy (non-hydrogen) atoms. The fourth-order valence-electron chi connectivity index (χ4n) is 1.55. The van der Waals surface area contributed by atoms with Gasteiger partial charge in [-0.15, -0.1) is 0 Å². The molecule has 2 rings (SSSR count). The van der Waals surface area contributed by atoms with Gasteiger partial charge in [0.05, 0.1) is 12.8 Å². The molecule has 0 amide bonds. The van der Waals surface area contributed by atoms with Gasteiger partial charge in [0.15, 0.2) is 5.75 Å². The Kier molecular flexibility index (Phi) is 3.63. The first kappa shape index (κ1) is 12.6. The molecule has 0 radical (unpaired) electrons. The Morgan fingerprint density at radius 1 is 1.06 bits per heavy atom. The second-order valence-corrected chi connectivity index (χ2v) is 4.32. The summed E-state index contributed by atoms with van der Waals surface area (Å²) in [5, 5.41) is 0.713. The molecular formula is C14H14ClNO2. The van der Waals surface area contributed by atoms with Crippen LogP contribution in [-0.4, -0.2) is 7.11 Å². The zero-order valence-electron chi connectivity index (χ0n) is 10.2. The highest BCUT2D eigenvalue weighted by molar-refractivity contribution is 6.31. The molecular weight excluding hydrogens is 250 g/mol. The van der Waals surface area contributed by atoms with Gasteiger partial charge in [-0.25, -0.2) is 0 Å². The van der Waals surface area contributed by atoms with Gasteiger partial charge in [0.25, 0.3) is 0 Å². The normalized spacial score (nSPS) is 10.2. The molecule has 0 heterocycles. The zero-order valence-corrected chi connectivity index (χ0v) is 11.0. The lowest BCUT2D eigenvalue weighted by atomic mass is 10.2. The van der Waals surface area contributed by atoms with Crippen LogP contribution in [0.4, 0.5) is 5.69 Å². The van der Waals surface area contributed by atoms with Crippen molar-refractivity contribution in [1.82, 2.24) is 0 Å². The van der Waals surface area contributed by atoms with E-state index in [4.69, 9.17) is 26.8 Å². The van der Waals surface area contributed by atoms with Gasteiger partial charge in [-0.3, -0.25) is 0 Å². The van der Waals surface area contributed by atoms with Crippen LogP contribution in [0.1, 0.15) is 5.56 Å². The first-order valence-electron chi connectivity index (χ1n) is 5.47. The van der Waals surface area contributed by atoms with Crippen LogP contribution < -0.4 is 15.2 Å². The van der Waals surface area contributed by atoms with Gasteiger partial charge in [0.2, 0.25) is 0 Å². The van der Waals surface area contributed by atoms with Gasteiger partial charge in [-0.1, -0.05) is 11.6 Å². The van der Waals surface area contributed by atoms with E-state index in [-0.39, 0.29) is 0 Å². The molecule has 2 aromatic rings. The highest BCUT2D eigenvalue weighted by Gasteiger charge is 2.05. The molecule has 4 heteroatoms. The predicted molar refractivity (Wildman–Crippen MR) is 73.7 cm³/mol. The highest BCUT2D eigenvalue weighted by Crippen LogP contribution is 2.31. The number of methoxy groups -OCH3 is 1. The van der Waals surface area contributed by atoms with E-state index in [9.17, 15) is 0 Å². The van der Waals surface area contributed by atoms with Crippen molar-refractivity contribution in [2.24, 2.45) is 0 Å². The predicted octanol–water partition coefficient (Wildman–Crippen LogP) is 4.03. The molecule has 0 bridgehead atoms. The number of nitrogens with two attached hydrogens (primary N) is 1. The lowest BCUT2D eigenvalue weighted by molar-refractivity contribution is 0.413. The lowest BCUT2D eigenvalue weighted by Crippen LogP contribution is -1.93. The Labute approximate surface area is 111 Å². The minimum Gasteiger partial charge on any atom is -0.497 e. The Balaban J connectivity index is 2.25. The van der Waals surface area contributed by atoms with Crippen LogP contribution in [0.2, 0.25) is 5.02 Å². The summed E-state index contributed by atoms with van der Waals surface area (Å²) in [6, 6.07) is 10.8. The number of hydrogen-bond donors (Lipinski definition) is 1. The van der Waals surface area contributed by atoms with Gasteiger partial charge >= 0.3 is 0 Å². The molecule has 0 saturated heterocycles. The Bertz CT molecular complexity index is 570. The van der Waals surface area contributed by atoms with E-state index in [0.717, 1.165) is 5.56 Å². The molecule has 0 aliphatic rings. The fraction of sp³-hybridized carbons (Fsp3) is 0.143. The number of nitrogen functional groups attached to an aromatic ring is 1. The maximum absolute atomic E-state index is 5.96. The largest absolute Gasteiger partial charge is 0.497 e. The summed E-state index contributed by atoms with van der Waals surface area (Å²) in [4.78, 5) is 0. The van der Waals surface area contributed by atoms with Crippen LogP contribution in [0.25, 0.3) is 0 Å². The Morgan fingerprint density at radius 2 is 1.78 bits per heavy atom. The molecule has 0 aliphatic carbocycles. The van der Waals surface area contributed by atoms with Crippen molar-refractivity contribution >= 4 is 17.3 Å². The third-order valence-electron chi connectivity index (χ3n) is 2.57. The van der Waals surface area contributed by atoms with E-state index in [1.165, 1.54) is 0 Å². The van der Waals surface area contributed by atoms with Crippen molar-refractivity contribution in [2.75, 3.05) is 12.8 Å². The standard InChI is InChI=1S/C14H14ClNO2/c1-9-7-11(3-5-12(9)15)18-14-6-4-10(17-2)8-13(14)16/h3-8H,16H2,1-2H3. The number of ether oxygens (including phenoxy) is 2. The van der Waals surface area contributed by atoms with Crippen LogP contribution in [-0.2, 0) is 0 Å². The molecule has 2 aromatic carbocycles. The summed E-state index contributed by atoms with van der Waals surface area (Å²) in [5.74, 6) is 2.00. The summed E-state index contributed by atoms with van der Waals surface area (Å²) >= 11 is 5.96. The van der Waals surface area contributed by atoms with E-state index in [0.29, 0.717) is 28.0 Å².